The second kappa shape index (κ2) is 8.70. The number of aromatic nitrogens is 5. The van der Waals surface area contributed by atoms with E-state index in [2.05, 4.69) is 20.1 Å². The first-order valence-electron chi connectivity index (χ1n) is 8.98. The van der Waals surface area contributed by atoms with E-state index in [0.29, 0.717) is 17.1 Å². The van der Waals surface area contributed by atoms with Crippen molar-refractivity contribution in [1.82, 2.24) is 24.7 Å². The summed E-state index contributed by atoms with van der Waals surface area (Å²) in [5, 5.41) is 32.3. The minimum Gasteiger partial charge on any atom is -0.496 e. The van der Waals surface area contributed by atoms with Crippen molar-refractivity contribution in [3.8, 4) is 5.75 Å². The highest BCUT2D eigenvalue weighted by molar-refractivity contribution is 6.34. The maximum atomic E-state index is 11.4. The van der Waals surface area contributed by atoms with Crippen LogP contribution in [0.15, 0.2) is 6.20 Å². The maximum absolute atomic E-state index is 11.4. The van der Waals surface area contributed by atoms with E-state index in [1.54, 1.807) is 13.3 Å². The lowest BCUT2D eigenvalue weighted by atomic mass is 10.1. The van der Waals surface area contributed by atoms with E-state index < -0.39 is 18.1 Å². The quantitative estimate of drug-likeness (QED) is 0.474. The number of methoxy groups -OCH3 is 1. The normalized spacial score (nSPS) is 11.0. The number of hydrogen-bond acceptors (Lipinski definition) is 8. The minimum absolute atomic E-state index is 0.0488. The summed E-state index contributed by atoms with van der Waals surface area (Å²) in [6.07, 6.45) is -1.79. The largest absolute Gasteiger partial charge is 0.496 e. The highest BCUT2D eigenvalue weighted by atomic mass is 35.5. The van der Waals surface area contributed by atoms with Gasteiger partial charge in [0, 0.05) is 30.4 Å². The van der Waals surface area contributed by atoms with Crippen LogP contribution < -0.4 is 9.64 Å². The fourth-order valence-electron chi connectivity index (χ4n) is 3.21. The van der Waals surface area contributed by atoms with E-state index in [9.17, 15) is 24.9 Å². The molecular weight excluding hydrogens is 432 g/mol. The van der Waals surface area contributed by atoms with E-state index in [0.717, 1.165) is 11.1 Å². The lowest BCUT2D eigenvalue weighted by Gasteiger charge is -2.13. The number of ether oxygens (including phenoxy) is 1. The number of pyridine rings is 1. The molecule has 3 rings (SSSR count). The smallest absolute Gasteiger partial charge is 0.424 e. The molecule has 0 radical (unpaired) electrons. The van der Waals surface area contributed by atoms with Gasteiger partial charge >= 0.3 is 12.2 Å². The van der Waals surface area contributed by atoms with Gasteiger partial charge in [0.15, 0.2) is 5.65 Å². The molecule has 0 aliphatic rings. The molecule has 0 aromatic carbocycles. The number of rotatable bonds is 6. The maximum Gasteiger partial charge on any atom is 0.424 e. The molecule has 0 atom stereocenters. The van der Waals surface area contributed by atoms with Gasteiger partial charge in [-0.2, -0.15) is 15.1 Å². The van der Waals surface area contributed by atoms with Crippen molar-refractivity contribution in [2.45, 2.75) is 26.8 Å². The highest BCUT2D eigenvalue weighted by Crippen LogP contribution is 2.29. The van der Waals surface area contributed by atoms with Gasteiger partial charge in [-0.15, -0.1) is 4.90 Å². The number of aliphatic hydroxyl groups excluding tert-OH is 1. The van der Waals surface area contributed by atoms with E-state index in [1.165, 1.54) is 4.68 Å². The summed E-state index contributed by atoms with van der Waals surface area (Å²) in [4.78, 5) is 35.0. The SMILES string of the molecule is COc1c(C)cnc(Cn2nc(CCO)c3c(Cl)nc(N(C(=O)O)C(=O)O)nc32)c1C. The molecule has 0 saturated heterocycles. The summed E-state index contributed by atoms with van der Waals surface area (Å²) in [5.74, 6) is 0.0219. The third-order valence-corrected chi connectivity index (χ3v) is 4.86. The first kappa shape index (κ1) is 22.2. The molecule has 12 nitrogen and oxygen atoms in total. The Kier molecular flexibility index (Phi) is 6.22. The number of aryl methyl sites for hydroxylation is 1. The third kappa shape index (κ3) is 4.07. The summed E-state index contributed by atoms with van der Waals surface area (Å²) >= 11 is 6.24. The fraction of sp³-hybridized carbons (Fsp3) is 0.333. The zero-order chi connectivity index (χ0) is 22.9. The van der Waals surface area contributed by atoms with Gasteiger partial charge in [-0.1, -0.05) is 11.6 Å². The van der Waals surface area contributed by atoms with Gasteiger partial charge in [0.25, 0.3) is 0 Å². The second-order valence-electron chi connectivity index (χ2n) is 6.54. The molecule has 0 unspecified atom stereocenters. The van der Waals surface area contributed by atoms with Gasteiger partial charge in [0.2, 0.25) is 5.95 Å². The number of carboxylic acid groups (broad SMARTS) is 2. The number of fused-ring (bicyclic) bond motifs is 1. The van der Waals surface area contributed by atoms with E-state index in [4.69, 9.17) is 16.3 Å². The standard InChI is InChI=1S/C18H19ClN6O6/c1-8-6-20-11(9(2)13(8)31-3)7-24-15-12(10(23-24)4-5-26)14(19)21-16(22-15)25(17(27)28)18(29)30/h6,26H,4-5,7H2,1-3H3,(H,27,28)(H,29,30). The molecule has 2 amide bonds. The van der Waals surface area contributed by atoms with Crippen molar-refractivity contribution in [2.24, 2.45) is 0 Å². The number of amides is 2. The van der Waals surface area contributed by atoms with Crippen LogP contribution in [-0.4, -0.2) is 66.0 Å². The minimum atomic E-state index is -1.79. The summed E-state index contributed by atoms with van der Waals surface area (Å²) in [7, 11) is 1.55. The number of imide groups is 1. The number of anilines is 1. The van der Waals surface area contributed by atoms with Crippen molar-refractivity contribution < 1.29 is 29.6 Å². The van der Waals surface area contributed by atoms with Crippen molar-refractivity contribution in [3.05, 3.63) is 33.9 Å². The van der Waals surface area contributed by atoms with Gasteiger partial charge in [-0.05, 0) is 13.8 Å². The molecule has 3 aromatic rings. The predicted octanol–water partition coefficient (Wildman–Crippen LogP) is 2.25. The molecule has 164 valence electrons. The Morgan fingerprint density at radius 2 is 1.87 bits per heavy atom. The van der Waals surface area contributed by atoms with Crippen LogP contribution in [0.25, 0.3) is 11.0 Å². The summed E-state index contributed by atoms with van der Waals surface area (Å²) in [6, 6.07) is 0. The lowest BCUT2D eigenvalue weighted by Crippen LogP contribution is -2.36. The fourth-order valence-corrected chi connectivity index (χ4v) is 3.48. The van der Waals surface area contributed by atoms with Crippen LogP contribution in [-0.2, 0) is 13.0 Å². The molecule has 0 aliphatic heterocycles. The summed E-state index contributed by atoms with van der Waals surface area (Å²) < 4.78 is 6.83. The summed E-state index contributed by atoms with van der Waals surface area (Å²) in [6.45, 7) is 3.57. The number of carbonyl (C=O) groups is 2. The molecule has 0 bridgehead atoms. The number of nitrogens with zero attached hydrogens (tertiary/aromatic N) is 6. The molecule has 3 aromatic heterocycles. The van der Waals surface area contributed by atoms with Crippen LogP contribution in [0.2, 0.25) is 5.15 Å². The molecule has 3 heterocycles. The first-order valence-corrected chi connectivity index (χ1v) is 9.36. The van der Waals surface area contributed by atoms with Crippen LogP contribution >= 0.6 is 11.6 Å². The molecule has 0 fully saturated rings. The average Bonchev–Trinajstić information content (AvgIpc) is 3.02. The zero-order valence-electron chi connectivity index (χ0n) is 16.8. The Hall–Kier alpha value is -3.51. The predicted molar refractivity (Wildman–Crippen MR) is 109 cm³/mol. The van der Waals surface area contributed by atoms with Gasteiger partial charge in [-0.3, -0.25) is 4.98 Å². The van der Waals surface area contributed by atoms with Crippen LogP contribution in [0, 0.1) is 13.8 Å². The molecule has 13 heteroatoms. The van der Waals surface area contributed by atoms with Gasteiger partial charge in [0.1, 0.15) is 10.9 Å². The molecule has 3 N–H and O–H groups in total. The van der Waals surface area contributed by atoms with Crippen molar-refractivity contribution in [1.29, 1.82) is 0 Å². The number of hydrogen-bond donors (Lipinski definition) is 3. The highest BCUT2D eigenvalue weighted by Gasteiger charge is 2.28. The van der Waals surface area contributed by atoms with Crippen molar-refractivity contribution >= 4 is 40.8 Å². The summed E-state index contributed by atoms with van der Waals surface area (Å²) in [5.41, 5.74) is 2.70. The Bertz CT molecular complexity index is 1170. The Balaban J connectivity index is 2.21. The lowest BCUT2D eigenvalue weighted by molar-refractivity contribution is 0.183. The van der Waals surface area contributed by atoms with E-state index in [1.807, 2.05) is 13.8 Å². The van der Waals surface area contributed by atoms with Crippen LogP contribution in [0.3, 0.4) is 0 Å². The molecular formula is C18H19ClN6O6. The van der Waals surface area contributed by atoms with Gasteiger partial charge in [-0.25, -0.2) is 14.3 Å². The van der Waals surface area contributed by atoms with Crippen LogP contribution in [0.1, 0.15) is 22.5 Å². The number of aliphatic hydroxyl groups is 1. The average molecular weight is 451 g/mol. The Morgan fingerprint density at radius 3 is 2.45 bits per heavy atom. The van der Waals surface area contributed by atoms with Crippen LogP contribution in [0.5, 0.6) is 5.75 Å². The Labute approximate surface area is 180 Å². The van der Waals surface area contributed by atoms with Crippen molar-refractivity contribution in [2.75, 3.05) is 18.6 Å². The van der Waals surface area contributed by atoms with Gasteiger partial charge in [0.05, 0.1) is 30.4 Å². The first-order chi connectivity index (χ1) is 14.7. The second-order valence-corrected chi connectivity index (χ2v) is 6.90. The third-order valence-electron chi connectivity index (χ3n) is 4.59. The molecule has 0 saturated carbocycles. The van der Waals surface area contributed by atoms with E-state index >= 15 is 0 Å². The van der Waals surface area contributed by atoms with Crippen molar-refractivity contribution in [3.63, 3.8) is 0 Å². The monoisotopic (exact) mass is 450 g/mol. The molecule has 31 heavy (non-hydrogen) atoms. The Morgan fingerprint density at radius 1 is 1.19 bits per heavy atom. The molecule has 0 spiro atoms. The zero-order valence-corrected chi connectivity index (χ0v) is 17.6. The van der Waals surface area contributed by atoms with Crippen LogP contribution in [0.4, 0.5) is 15.5 Å². The van der Waals surface area contributed by atoms with E-state index in [-0.39, 0.29) is 40.7 Å². The molecule has 0 aliphatic carbocycles. The topological polar surface area (TPSA) is 164 Å². The number of halogens is 1. The van der Waals surface area contributed by atoms with Gasteiger partial charge < -0.3 is 20.1 Å².